The summed E-state index contributed by atoms with van der Waals surface area (Å²) in [6, 6.07) is 0. The first kappa shape index (κ1) is 15.8. The zero-order chi connectivity index (χ0) is 14.7. The van der Waals surface area contributed by atoms with Crippen molar-refractivity contribution in [1.29, 1.82) is 0 Å². The predicted molar refractivity (Wildman–Crippen MR) is 88.6 cm³/mol. The first-order chi connectivity index (χ1) is 9.47. The van der Waals surface area contributed by atoms with E-state index in [1.165, 1.54) is 22.1 Å². The summed E-state index contributed by atoms with van der Waals surface area (Å²) in [5, 5.41) is 4.75. The average molecular weight is 295 g/mol. The number of aromatic nitrogens is 1. The van der Waals surface area contributed by atoms with Crippen molar-refractivity contribution < 1.29 is 0 Å². The molecule has 3 nitrogen and oxygen atoms in total. The summed E-state index contributed by atoms with van der Waals surface area (Å²) in [7, 11) is 0. The second-order valence-electron chi connectivity index (χ2n) is 6.72. The van der Waals surface area contributed by atoms with Crippen LogP contribution >= 0.6 is 11.3 Å². The van der Waals surface area contributed by atoms with Crippen LogP contribution in [0.1, 0.15) is 44.7 Å². The van der Waals surface area contributed by atoms with Crippen molar-refractivity contribution in [2.24, 2.45) is 17.8 Å². The van der Waals surface area contributed by atoms with E-state index in [0.29, 0.717) is 5.92 Å². The third-order valence-corrected chi connectivity index (χ3v) is 5.54. The number of rotatable bonds is 5. The van der Waals surface area contributed by atoms with E-state index in [1.54, 1.807) is 0 Å². The summed E-state index contributed by atoms with van der Waals surface area (Å²) < 4.78 is 0. The van der Waals surface area contributed by atoms with Crippen molar-refractivity contribution >= 4 is 16.5 Å². The van der Waals surface area contributed by atoms with Crippen molar-refractivity contribution in [2.75, 3.05) is 24.5 Å². The van der Waals surface area contributed by atoms with Crippen LogP contribution in [0.25, 0.3) is 0 Å². The molecule has 20 heavy (non-hydrogen) atoms. The molecule has 1 fully saturated rings. The molecule has 1 saturated heterocycles. The van der Waals surface area contributed by atoms with E-state index >= 15 is 0 Å². The Morgan fingerprint density at radius 1 is 1.35 bits per heavy atom. The fourth-order valence-corrected chi connectivity index (χ4v) is 3.69. The molecular weight excluding hydrogens is 266 g/mol. The van der Waals surface area contributed by atoms with Crippen LogP contribution in [0.4, 0.5) is 5.13 Å². The second kappa shape index (κ2) is 6.90. The lowest BCUT2D eigenvalue weighted by atomic mass is 9.89. The summed E-state index contributed by atoms with van der Waals surface area (Å²) in [5.74, 6) is 2.32. The van der Waals surface area contributed by atoms with Crippen molar-refractivity contribution in [3.8, 4) is 0 Å². The number of nitrogens with one attached hydrogen (secondary N) is 1. The normalized spacial score (nSPS) is 23.6. The molecule has 0 spiro atoms. The van der Waals surface area contributed by atoms with Crippen molar-refractivity contribution in [3.05, 3.63) is 10.6 Å². The molecule has 1 aromatic heterocycles. The summed E-state index contributed by atoms with van der Waals surface area (Å²) in [5.41, 5.74) is 1.20. The fourth-order valence-electron chi connectivity index (χ4n) is 2.62. The van der Waals surface area contributed by atoms with Gasteiger partial charge in [0.2, 0.25) is 0 Å². The third kappa shape index (κ3) is 3.95. The Balaban J connectivity index is 1.96. The molecule has 1 aromatic rings. The van der Waals surface area contributed by atoms with Crippen LogP contribution in [0.3, 0.4) is 0 Å². The molecule has 2 heterocycles. The van der Waals surface area contributed by atoms with Crippen LogP contribution in [-0.2, 0) is 6.54 Å². The van der Waals surface area contributed by atoms with E-state index in [4.69, 9.17) is 4.98 Å². The van der Waals surface area contributed by atoms with Gasteiger partial charge in [-0.3, -0.25) is 0 Å². The van der Waals surface area contributed by atoms with Gasteiger partial charge in [-0.2, -0.15) is 0 Å². The minimum absolute atomic E-state index is 0.701. The van der Waals surface area contributed by atoms with Gasteiger partial charge >= 0.3 is 0 Å². The average Bonchev–Trinajstić information content (AvgIpc) is 2.74. The number of aryl methyl sites for hydroxylation is 1. The number of thiazole rings is 1. The largest absolute Gasteiger partial charge is 0.348 e. The van der Waals surface area contributed by atoms with E-state index in [9.17, 15) is 0 Å². The molecule has 2 rings (SSSR count). The minimum Gasteiger partial charge on any atom is -0.348 e. The van der Waals surface area contributed by atoms with Crippen LogP contribution in [0.15, 0.2) is 0 Å². The highest BCUT2D eigenvalue weighted by atomic mass is 32.1. The van der Waals surface area contributed by atoms with Gasteiger partial charge in [0.25, 0.3) is 0 Å². The zero-order valence-electron chi connectivity index (χ0n) is 13.6. The van der Waals surface area contributed by atoms with Gasteiger partial charge in [-0.05, 0) is 37.6 Å². The summed E-state index contributed by atoms with van der Waals surface area (Å²) >= 11 is 1.87. The molecule has 0 aromatic carbocycles. The van der Waals surface area contributed by atoms with Gasteiger partial charge in [0, 0.05) is 24.5 Å². The van der Waals surface area contributed by atoms with Crippen LogP contribution in [0.5, 0.6) is 0 Å². The molecule has 4 heteroatoms. The van der Waals surface area contributed by atoms with Crippen LogP contribution in [-0.4, -0.2) is 24.6 Å². The molecule has 1 aliphatic rings. The summed E-state index contributed by atoms with van der Waals surface area (Å²) in [4.78, 5) is 8.67. The van der Waals surface area contributed by atoms with Crippen molar-refractivity contribution in [1.82, 2.24) is 10.3 Å². The Labute approximate surface area is 127 Å². The van der Waals surface area contributed by atoms with Gasteiger partial charge in [0.05, 0.1) is 5.69 Å². The Morgan fingerprint density at radius 3 is 2.75 bits per heavy atom. The third-order valence-electron chi connectivity index (χ3n) is 4.32. The van der Waals surface area contributed by atoms with Crippen LogP contribution in [0, 0.1) is 24.7 Å². The van der Waals surface area contributed by atoms with Gasteiger partial charge in [-0.1, -0.05) is 27.7 Å². The lowest BCUT2D eigenvalue weighted by Gasteiger charge is -2.35. The van der Waals surface area contributed by atoms with Crippen LogP contribution < -0.4 is 10.2 Å². The topological polar surface area (TPSA) is 28.2 Å². The SMILES string of the molecule is Cc1nc(N2CCC(C)C(C)C2)sc1CNCC(C)C. The molecular formula is C16H29N3S. The van der Waals surface area contributed by atoms with Gasteiger partial charge in [0.15, 0.2) is 5.13 Å². The standard InChI is InChI=1S/C16H29N3S/c1-11(2)8-17-9-15-14(5)18-16(20-15)19-7-6-12(3)13(4)10-19/h11-13,17H,6-10H2,1-5H3. The Kier molecular flexibility index (Phi) is 5.44. The fraction of sp³-hybridized carbons (Fsp3) is 0.812. The number of nitrogens with zero attached hydrogens (tertiary/aromatic N) is 2. The molecule has 0 aliphatic carbocycles. The van der Waals surface area contributed by atoms with Crippen LogP contribution in [0.2, 0.25) is 0 Å². The van der Waals surface area contributed by atoms with Gasteiger partial charge < -0.3 is 10.2 Å². The number of hydrogen-bond acceptors (Lipinski definition) is 4. The summed E-state index contributed by atoms with van der Waals surface area (Å²) in [6.45, 7) is 15.7. The highest BCUT2D eigenvalue weighted by Crippen LogP contribution is 2.31. The second-order valence-corrected chi connectivity index (χ2v) is 7.78. The summed E-state index contributed by atoms with van der Waals surface area (Å²) in [6.07, 6.45) is 1.29. The molecule has 114 valence electrons. The minimum atomic E-state index is 0.701. The number of hydrogen-bond donors (Lipinski definition) is 1. The predicted octanol–water partition coefficient (Wildman–Crippen LogP) is 3.68. The molecule has 1 N–H and O–H groups in total. The lowest BCUT2D eigenvalue weighted by molar-refractivity contribution is 0.324. The van der Waals surface area contributed by atoms with E-state index in [-0.39, 0.29) is 0 Å². The van der Waals surface area contributed by atoms with E-state index in [0.717, 1.165) is 38.0 Å². The zero-order valence-corrected chi connectivity index (χ0v) is 14.4. The van der Waals surface area contributed by atoms with Gasteiger partial charge in [-0.25, -0.2) is 4.98 Å². The molecule has 2 atom stereocenters. The quantitative estimate of drug-likeness (QED) is 0.898. The lowest BCUT2D eigenvalue weighted by Crippen LogP contribution is -2.38. The monoisotopic (exact) mass is 295 g/mol. The molecule has 0 radical (unpaired) electrons. The molecule has 0 saturated carbocycles. The van der Waals surface area contributed by atoms with E-state index in [1.807, 2.05) is 11.3 Å². The highest BCUT2D eigenvalue weighted by Gasteiger charge is 2.25. The number of piperidine rings is 1. The van der Waals surface area contributed by atoms with Crippen molar-refractivity contribution in [3.63, 3.8) is 0 Å². The molecule has 2 unspecified atom stereocenters. The maximum Gasteiger partial charge on any atom is 0.185 e. The Bertz CT molecular complexity index is 427. The molecule has 1 aliphatic heterocycles. The maximum absolute atomic E-state index is 4.80. The maximum atomic E-state index is 4.80. The van der Waals surface area contributed by atoms with Gasteiger partial charge in [0.1, 0.15) is 0 Å². The molecule has 0 bridgehead atoms. The Hall–Kier alpha value is -0.610. The van der Waals surface area contributed by atoms with Crippen molar-refractivity contribution in [2.45, 2.75) is 47.6 Å². The molecule has 0 amide bonds. The van der Waals surface area contributed by atoms with Gasteiger partial charge in [-0.15, -0.1) is 11.3 Å². The Morgan fingerprint density at radius 2 is 2.10 bits per heavy atom. The number of anilines is 1. The van der Waals surface area contributed by atoms with E-state index < -0.39 is 0 Å². The van der Waals surface area contributed by atoms with E-state index in [2.05, 4.69) is 44.8 Å². The smallest absolute Gasteiger partial charge is 0.185 e. The first-order valence-corrected chi connectivity index (χ1v) is 8.71. The first-order valence-electron chi connectivity index (χ1n) is 7.89. The highest BCUT2D eigenvalue weighted by molar-refractivity contribution is 7.15.